The molecule has 0 atom stereocenters. The molecule has 8 heteroatoms. The number of nitrogens with two attached hydrogens (primary N) is 1. The maximum atomic E-state index is 11.4. The van der Waals surface area contributed by atoms with Crippen molar-refractivity contribution < 1.29 is 13.2 Å². The number of sulfonamides is 1. The first-order valence-electron chi connectivity index (χ1n) is 7.99. The van der Waals surface area contributed by atoms with Crippen LogP contribution in [-0.4, -0.2) is 30.3 Å². The molecule has 1 aromatic heterocycles. The largest absolute Gasteiger partial charge is 0.377 e. The van der Waals surface area contributed by atoms with Gasteiger partial charge in [0.1, 0.15) is 12.4 Å². The summed E-state index contributed by atoms with van der Waals surface area (Å²) in [6.07, 6.45) is 0.593. The first-order chi connectivity index (χ1) is 12.4. The van der Waals surface area contributed by atoms with Crippen LogP contribution >= 0.6 is 0 Å². The van der Waals surface area contributed by atoms with Gasteiger partial charge in [-0.2, -0.15) is 0 Å². The second kappa shape index (κ2) is 7.36. The lowest BCUT2D eigenvalue weighted by atomic mass is 10.1. The zero-order valence-electron chi connectivity index (χ0n) is 14.6. The first-order valence-corrected chi connectivity index (χ1v) is 9.54. The van der Waals surface area contributed by atoms with Crippen LogP contribution in [0.1, 0.15) is 22.8 Å². The fourth-order valence-corrected chi connectivity index (χ4v) is 3.20. The van der Waals surface area contributed by atoms with Crippen LogP contribution in [-0.2, 0) is 27.8 Å². The lowest BCUT2D eigenvalue weighted by Crippen LogP contribution is -2.12. The van der Waals surface area contributed by atoms with Gasteiger partial charge in [0.05, 0.1) is 10.6 Å². The summed E-state index contributed by atoms with van der Waals surface area (Å²) in [7, 11) is -2.15. The van der Waals surface area contributed by atoms with Gasteiger partial charge in [0.25, 0.3) is 0 Å². The summed E-state index contributed by atoms with van der Waals surface area (Å²) in [6.45, 7) is 2.33. The van der Waals surface area contributed by atoms with E-state index in [9.17, 15) is 8.42 Å². The fourth-order valence-electron chi connectivity index (χ4n) is 2.68. The van der Waals surface area contributed by atoms with E-state index in [1.54, 1.807) is 23.9 Å². The number of hydrogen-bond acceptors (Lipinski definition) is 5. The van der Waals surface area contributed by atoms with E-state index in [4.69, 9.17) is 9.88 Å². The topological polar surface area (TPSA) is 100 Å². The van der Waals surface area contributed by atoms with Crippen molar-refractivity contribution in [2.45, 2.75) is 24.8 Å². The first kappa shape index (κ1) is 18.2. The Labute approximate surface area is 152 Å². The average Bonchev–Trinajstić information content (AvgIpc) is 2.97. The Kier molecular flexibility index (Phi) is 5.17. The molecule has 2 aromatic carbocycles. The van der Waals surface area contributed by atoms with Crippen LogP contribution in [0.15, 0.2) is 53.4 Å². The Hall–Kier alpha value is -2.55. The van der Waals surface area contributed by atoms with E-state index in [1.165, 1.54) is 17.7 Å². The number of hydrogen-bond donors (Lipinski definition) is 1. The quantitative estimate of drug-likeness (QED) is 0.713. The number of rotatable bonds is 6. The van der Waals surface area contributed by atoms with Gasteiger partial charge in [0.15, 0.2) is 5.82 Å². The minimum atomic E-state index is -3.73. The van der Waals surface area contributed by atoms with E-state index in [2.05, 4.69) is 16.1 Å². The molecule has 2 N–H and O–H groups in total. The highest BCUT2D eigenvalue weighted by Crippen LogP contribution is 2.17. The van der Waals surface area contributed by atoms with Crippen LogP contribution < -0.4 is 5.14 Å². The van der Waals surface area contributed by atoms with Crippen molar-refractivity contribution in [3.05, 3.63) is 71.3 Å². The van der Waals surface area contributed by atoms with Crippen LogP contribution in [0.4, 0.5) is 0 Å². The smallest absolute Gasteiger partial charge is 0.238 e. The fraction of sp³-hybridized carbons (Fsp3) is 0.222. The number of primary sulfonamides is 1. The summed E-state index contributed by atoms with van der Waals surface area (Å²) in [6, 6.07) is 14.4. The molecule has 1 heterocycles. The predicted octanol–water partition coefficient (Wildman–Crippen LogP) is 1.96. The standard InChI is InChI=1S/C18H20N4O3S/c1-13-4-3-5-14(10-13)11-18-20-17(12-25-2)21-22(18)15-6-8-16(9-7-15)26(19,23)24/h3-10H,11-12H2,1-2H3,(H2,19,23,24). The molecule has 0 spiro atoms. The van der Waals surface area contributed by atoms with E-state index >= 15 is 0 Å². The number of methoxy groups -OCH3 is 1. The van der Waals surface area contributed by atoms with Gasteiger partial charge >= 0.3 is 0 Å². The van der Waals surface area contributed by atoms with Crippen molar-refractivity contribution in [1.82, 2.24) is 14.8 Å². The Bertz CT molecular complexity index is 1010. The summed E-state index contributed by atoms with van der Waals surface area (Å²) in [5, 5.41) is 9.64. The Morgan fingerprint density at radius 3 is 2.50 bits per heavy atom. The van der Waals surface area contributed by atoms with Crippen LogP contribution in [0.25, 0.3) is 5.69 Å². The minimum Gasteiger partial charge on any atom is -0.377 e. The predicted molar refractivity (Wildman–Crippen MR) is 97.4 cm³/mol. The van der Waals surface area contributed by atoms with Gasteiger partial charge < -0.3 is 4.74 Å². The Balaban J connectivity index is 2.00. The van der Waals surface area contributed by atoms with E-state index < -0.39 is 10.0 Å². The summed E-state index contributed by atoms with van der Waals surface area (Å²) >= 11 is 0. The molecule has 136 valence electrons. The summed E-state index contributed by atoms with van der Waals surface area (Å²) in [4.78, 5) is 4.61. The maximum Gasteiger partial charge on any atom is 0.238 e. The molecule has 0 saturated carbocycles. The van der Waals surface area contributed by atoms with Gasteiger partial charge in [-0.15, -0.1) is 5.10 Å². The maximum absolute atomic E-state index is 11.4. The lowest BCUT2D eigenvalue weighted by Gasteiger charge is -2.07. The van der Waals surface area contributed by atoms with E-state index in [1.807, 2.05) is 25.1 Å². The van der Waals surface area contributed by atoms with Gasteiger partial charge in [-0.05, 0) is 36.8 Å². The zero-order chi connectivity index (χ0) is 18.7. The Morgan fingerprint density at radius 2 is 1.88 bits per heavy atom. The molecule has 3 rings (SSSR count). The highest BCUT2D eigenvalue weighted by atomic mass is 32.2. The molecule has 0 radical (unpaired) electrons. The number of benzene rings is 2. The number of ether oxygens (including phenoxy) is 1. The second-order valence-corrected chi connectivity index (χ2v) is 7.56. The second-order valence-electron chi connectivity index (χ2n) is 5.99. The molecule has 3 aromatic rings. The molecule has 0 amide bonds. The molecule has 26 heavy (non-hydrogen) atoms. The molecule has 0 bridgehead atoms. The SMILES string of the molecule is COCc1nc(Cc2cccc(C)c2)n(-c2ccc(S(N)(=O)=O)cc2)n1. The van der Waals surface area contributed by atoms with Gasteiger partial charge in [-0.1, -0.05) is 29.8 Å². The normalized spacial score (nSPS) is 11.7. The van der Waals surface area contributed by atoms with Crippen molar-refractivity contribution >= 4 is 10.0 Å². The van der Waals surface area contributed by atoms with Crippen molar-refractivity contribution in [3.8, 4) is 5.69 Å². The summed E-state index contributed by atoms with van der Waals surface area (Å²) < 4.78 is 29.7. The third-order valence-corrected chi connectivity index (χ3v) is 4.78. The molecule has 0 aliphatic rings. The molecule has 0 unspecified atom stereocenters. The van der Waals surface area contributed by atoms with Crippen molar-refractivity contribution in [2.75, 3.05) is 7.11 Å². The highest BCUT2D eigenvalue weighted by molar-refractivity contribution is 7.89. The van der Waals surface area contributed by atoms with Crippen LogP contribution in [0.3, 0.4) is 0 Å². The highest BCUT2D eigenvalue weighted by Gasteiger charge is 2.14. The molecule has 0 aliphatic carbocycles. The number of aryl methyl sites for hydroxylation is 1. The van der Waals surface area contributed by atoms with Crippen molar-refractivity contribution in [1.29, 1.82) is 0 Å². The molecule has 7 nitrogen and oxygen atoms in total. The molecular formula is C18H20N4O3S. The van der Waals surface area contributed by atoms with Crippen LogP contribution in [0.5, 0.6) is 0 Å². The van der Waals surface area contributed by atoms with Crippen LogP contribution in [0.2, 0.25) is 0 Å². The third-order valence-electron chi connectivity index (χ3n) is 3.85. The van der Waals surface area contributed by atoms with Gasteiger partial charge in [-0.25, -0.2) is 23.2 Å². The summed E-state index contributed by atoms with van der Waals surface area (Å²) in [5.74, 6) is 1.30. The minimum absolute atomic E-state index is 0.0544. The van der Waals surface area contributed by atoms with Crippen molar-refractivity contribution in [2.24, 2.45) is 5.14 Å². The van der Waals surface area contributed by atoms with E-state index in [0.29, 0.717) is 24.5 Å². The summed E-state index contributed by atoms with van der Waals surface area (Å²) in [5.41, 5.74) is 2.99. The van der Waals surface area contributed by atoms with Crippen molar-refractivity contribution in [3.63, 3.8) is 0 Å². The third kappa shape index (κ3) is 4.16. The van der Waals surface area contributed by atoms with Gasteiger partial charge in [0.2, 0.25) is 10.0 Å². The Morgan fingerprint density at radius 1 is 1.15 bits per heavy atom. The zero-order valence-corrected chi connectivity index (χ0v) is 15.4. The van der Waals surface area contributed by atoms with E-state index in [0.717, 1.165) is 11.4 Å². The van der Waals surface area contributed by atoms with Gasteiger partial charge in [-0.3, -0.25) is 0 Å². The number of aromatic nitrogens is 3. The van der Waals surface area contributed by atoms with E-state index in [-0.39, 0.29) is 4.90 Å². The molecule has 0 fully saturated rings. The molecule has 0 saturated heterocycles. The molecular weight excluding hydrogens is 352 g/mol. The number of nitrogens with zero attached hydrogens (tertiary/aromatic N) is 3. The van der Waals surface area contributed by atoms with Crippen LogP contribution in [0, 0.1) is 6.92 Å². The average molecular weight is 372 g/mol. The van der Waals surface area contributed by atoms with Gasteiger partial charge in [0, 0.05) is 13.5 Å². The monoisotopic (exact) mass is 372 g/mol. The lowest BCUT2D eigenvalue weighted by molar-refractivity contribution is 0.178. The molecule has 0 aliphatic heterocycles.